The van der Waals surface area contributed by atoms with Crippen LogP contribution in [0.4, 0.5) is 4.79 Å². The van der Waals surface area contributed by atoms with Crippen LogP contribution in [-0.2, 0) is 9.53 Å². The summed E-state index contributed by atoms with van der Waals surface area (Å²) in [5, 5.41) is 3.24. The van der Waals surface area contributed by atoms with E-state index in [1.807, 2.05) is 20.8 Å². The first-order valence-corrected chi connectivity index (χ1v) is 9.52. The Labute approximate surface area is 146 Å². The van der Waals surface area contributed by atoms with Crippen LogP contribution in [0.3, 0.4) is 0 Å². The van der Waals surface area contributed by atoms with Crippen molar-refractivity contribution in [3.05, 3.63) is 0 Å². The third-order valence-corrected chi connectivity index (χ3v) is 5.20. The zero-order valence-corrected chi connectivity index (χ0v) is 15.8. The number of nitrogens with one attached hydrogen (secondary N) is 1. The largest absolute Gasteiger partial charge is 0.444 e. The first kappa shape index (κ1) is 19.1. The van der Waals surface area contributed by atoms with E-state index in [0.717, 1.165) is 19.3 Å². The smallest absolute Gasteiger partial charge is 0.410 e. The van der Waals surface area contributed by atoms with E-state index in [1.54, 1.807) is 4.90 Å². The number of ether oxygens (including phenoxy) is 1. The van der Waals surface area contributed by atoms with Gasteiger partial charge in [-0.05, 0) is 58.3 Å². The number of hydrogen-bond donors (Lipinski definition) is 1. The predicted octanol–water partition coefficient (Wildman–Crippen LogP) is 3.72. The van der Waals surface area contributed by atoms with Crippen molar-refractivity contribution < 1.29 is 14.3 Å². The third kappa shape index (κ3) is 5.99. The molecule has 1 N–H and O–H groups in total. The Hall–Kier alpha value is -1.26. The van der Waals surface area contributed by atoms with Gasteiger partial charge in [-0.25, -0.2) is 4.79 Å². The summed E-state index contributed by atoms with van der Waals surface area (Å²) in [5.74, 6) is 1.16. The summed E-state index contributed by atoms with van der Waals surface area (Å²) in [7, 11) is 0. The van der Waals surface area contributed by atoms with Gasteiger partial charge in [-0.1, -0.05) is 19.8 Å². The van der Waals surface area contributed by atoms with Crippen molar-refractivity contribution in [2.75, 3.05) is 13.1 Å². The number of nitrogens with zero attached hydrogens (tertiary/aromatic N) is 1. The number of carbonyl (C=O) groups excluding carboxylic acids is 2. The quantitative estimate of drug-likeness (QED) is 0.853. The van der Waals surface area contributed by atoms with Crippen molar-refractivity contribution in [1.29, 1.82) is 0 Å². The highest BCUT2D eigenvalue weighted by Crippen LogP contribution is 2.25. The maximum atomic E-state index is 12.3. The van der Waals surface area contributed by atoms with E-state index >= 15 is 0 Å². The topological polar surface area (TPSA) is 58.6 Å². The Kier molecular flexibility index (Phi) is 6.53. The lowest BCUT2D eigenvalue weighted by Crippen LogP contribution is -2.44. The fraction of sp³-hybridized carbons (Fsp3) is 0.895. The first-order chi connectivity index (χ1) is 11.2. The van der Waals surface area contributed by atoms with Gasteiger partial charge in [0.2, 0.25) is 5.91 Å². The van der Waals surface area contributed by atoms with Crippen LogP contribution >= 0.6 is 0 Å². The van der Waals surface area contributed by atoms with Gasteiger partial charge >= 0.3 is 6.09 Å². The summed E-state index contributed by atoms with van der Waals surface area (Å²) in [6.07, 6.45) is 6.97. The zero-order valence-electron chi connectivity index (χ0n) is 15.8. The molecule has 0 unspecified atom stereocenters. The highest BCUT2D eigenvalue weighted by molar-refractivity contribution is 5.76. The molecular formula is C19H34N2O3. The van der Waals surface area contributed by atoms with E-state index in [9.17, 15) is 9.59 Å². The van der Waals surface area contributed by atoms with Crippen molar-refractivity contribution in [1.82, 2.24) is 10.2 Å². The van der Waals surface area contributed by atoms with E-state index in [1.165, 1.54) is 19.3 Å². The van der Waals surface area contributed by atoms with Crippen LogP contribution in [0.1, 0.15) is 72.6 Å². The lowest BCUT2D eigenvalue weighted by molar-refractivity contribution is -0.123. The predicted molar refractivity (Wildman–Crippen MR) is 94.7 cm³/mol. The molecule has 1 heterocycles. The van der Waals surface area contributed by atoms with Gasteiger partial charge in [-0.15, -0.1) is 0 Å². The van der Waals surface area contributed by atoms with Crippen molar-refractivity contribution in [2.45, 2.75) is 84.3 Å². The molecule has 1 aliphatic heterocycles. The highest BCUT2D eigenvalue weighted by atomic mass is 16.6. The number of amides is 2. The maximum Gasteiger partial charge on any atom is 0.410 e. The molecule has 138 valence electrons. The average molecular weight is 338 g/mol. The molecule has 1 saturated heterocycles. The molecule has 2 rings (SSSR count). The van der Waals surface area contributed by atoms with Gasteiger partial charge in [0.15, 0.2) is 0 Å². The van der Waals surface area contributed by atoms with E-state index in [2.05, 4.69) is 12.2 Å². The maximum absolute atomic E-state index is 12.3. The second-order valence-corrected chi connectivity index (χ2v) is 8.55. The molecule has 1 aliphatic carbocycles. The van der Waals surface area contributed by atoms with Crippen LogP contribution in [0, 0.1) is 11.8 Å². The summed E-state index contributed by atoms with van der Waals surface area (Å²) in [5.41, 5.74) is -0.454. The molecule has 2 fully saturated rings. The standard InChI is InChI=1S/C19H34N2O3/c1-14-7-5-6-8-16(14)20-17(22)13-15-9-11-21(12-10-15)18(23)24-19(2,3)4/h14-16H,5-13H2,1-4H3,(H,20,22)/t14-,16-/m1/s1. The molecule has 0 aromatic carbocycles. The number of rotatable bonds is 3. The lowest BCUT2D eigenvalue weighted by atomic mass is 9.85. The SMILES string of the molecule is C[C@@H]1CCCC[C@H]1NC(=O)CC1CCN(C(=O)OC(C)(C)C)CC1. The summed E-state index contributed by atoms with van der Waals surface area (Å²) in [6.45, 7) is 9.26. The average Bonchev–Trinajstić information content (AvgIpc) is 2.48. The fourth-order valence-electron chi connectivity index (χ4n) is 3.70. The van der Waals surface area contributed by atoms with E-state index < -0.39 is 5.60 Å². The summed E-state index contributed by atoms with van der Waals surface area (Å²) in [6, 6.07) is 0.355. The second kappa shape index (κ2) is 8.21. The van der Waals surface area contributed by atoms with Crippen LogP contribution in [0.15, 0.2) is 0 Å². The third-order valence-electron chi connectivity index (χ3n) is 5.20. The highest BCUT2D eigenvalue weighted by Gasteiger charge is 2.29. The Morgan fingerprint density at radius 3 is 2.29 bits per heavy atom. The van der Waals surface area contributed by atoms with Gasteiger partial charge in [0.25, 0.3) is 0 Å². The van der Waals surface area contributed by atoms with Gasteiger partial charge in [-0.2, -0.15) is 0 Å². The molecule has 0 spiro atoms. The van der Waals surface area contributed by atoms with Crippen LogP contribution in [0.2, 0.25) is 0 Å². The monoisotopic (exact) mass is 338 g/mol. The zero-order chi connectivity index (χ0) is 17.7. The number of likely N-dealkylation sites (tertiary alicyclic amines) is 1. The van der Waals surface area contributed by atoms with Crippen molar-refractivity contribution >= 4 is 12.0 Å². The number of hydrogen-bond acceptors (Lipinski definition) is 3. The van der Waals surface area contributed by atoms with Gasteiger partial charge in [0, 0.05) is 25.6 Å². The molecule has 1 saturated carbocycles. The Morgan fingerprint density at radius 2 is 1.71 bits per heavy atom. The lowest BCUT2D eigenvalue weighted by Gasteiger charge is -2.34. The Bertz CT molecular complexity index is 436. The van der Waals surface area contributed by atoms with Crippen LogP contribution in [0.5, 0.6) is 0 Å². The van der Waals surface area contributed by atoms with Crippen molar-refractivity contribution in [3.63, 3.8) is 0 Å². The number of carbonyl (C=O) groups is 2. The van der Waals surface area contributed by atoms with Gasteiger partial charge in [0.05, 0.1) is 0 Å². The molecule has 24 heavy (non-hydrogen) atoms. The van der Waals surface area contributed by atoms with E-state index in [4.69, 9.17) is 4.74 Å². The van der Waals surface area contributed by atoms with E-state index in [0.29, 0.717) is 37.4 Å². The van der Waals surface area contributed by atoms with Gasteiger partial charge in [-0.3, -0.25) is 4.79 Å². The van der Waals surface area contributed by atoms with Crippen molar-refractivity contribution in [3.8, 4) is 0 Å². The van der Waals surface area contributed by atoms with Crippen LogP contribution < -0.4 is 5.32 Å². The molecule has 2 atom stereocenters. The van der Waals surface area contributed by atoms with Crippen molar-refractivity contribution in [2.24, 2.45) is 11.8 Å². The van der Waals surface area contributed by atoms with E-state index in [-0.39, 0.29) is 12.0 Å². The Morgan fingerprint density at radius 1 is 1.08 bits per heavy atom. The minimum Gasteiger partial charge on any atom is -0.444 e. The molecule has 0 aromatic heterocycles. The van der Waals surface area contributed by atoms with Gasteiger partial charge in [0.1, 0.15) is 5.60 Å². The minimum absolute atomic E-state index is 0.185. The first-order valence-electron chi connectivity index (χ1n) is 9.52. The molecule has 2 aliphatic rings. The molecule has 5 nitrogen and oxygen atoms in total. The fourth-order valence-corrected chi connectivity index (χ4v) is 3.70. The molecule has 0 radical (unpaired) electrons. The summed E-state index contributed by atoms with van der Waals surface area (Å²) in [4.78, 5) is 26.1. The van der Waals surface area contributed by atoms with Crippen LogP contribution in [-0.4, -0.2) is 41.6 Å². The molecule has 2 amide bonds. The van der Waals surface area contributed by atoms with Crippen LogP contribution in [0.25, 0.3) is 0 Å². The number of piperidine rings is 1. The molecular weight excluding hydrogens is 304 g/mol. The summed E-state index contributed by atoms with van der Waals surface area (Å²) >= 11 is 0. The summed E-state index contributed by atoms with van der Waals surface area (Å²) < 4.78 is 5.41. The second-order valence-electron chi connectivity index (χ2n) is 8.55. The van der Waals surface area contributed by atoms with Gasteiger partial charge < -0.3 is 15.0 Å². The molecule has 0 bridgehead atoms. The minimum atomic E-state index is -0.454. The Balaban J connectivity index is 1.70. The normalized spacial score (nSPS) is 26.1. The molecule has 0 aromatic rings. The molecule has 5 heteroatoms.